The van der Waals surface area contributed by atoms with Crippen molar-refractivity contribution >= 4 is 12.2 Å². The number of piperidine rings is 1. The summed E-state index contributed by atoms with van der Waals surface area (Å²) in [4.78, 5) is 2.42. The number of ether oxygens (including phenoxy) is 2. The Hall–Kier alpha value is -1.86. The van der Waals surface area contributed by atoms with Crippen LogP contribution in [0.3, 0.4) is 0 Å². The molecule has 1 unspecified atom stereocenters. The summed E-state index contributed by atoms with van der Waals surface area (Å²) >= 11 is 5.59. The van der Waals surface area contributed by atoms with Crippen LogP contribution in [0.4, 0.5) is 0 Å². The van der Waals surface area contributed by atoms with Crippen molar-refractivity contribution < 1.29 is 9.47 Å². The summed E-state index contributed by atoms with van der Waals surface area (Å²) in [5.74, 6) is 3.16. The Morgan fingerprint density at radius 2 is 1.92 bits per heavy atom. The van der Waals surface area contributed by atoms with Crippen LogP contribution in [0.5, 0.6) is 11.5 Å². The first kappa shape index (κ1) is 16.6. The topological polar surface area (TPSA) is 44.5 Å². The monoisotopic (exact) mass is 360 g/mol. The third kappa shape index (κ3) is 3.30. The molecule has 1 saturated heterocycles. The van der Waals surface area contributed by atoms with E-state index in [4.69, 9.17) is 26.8 Å². The summed E-state index contributed by atoms with van der Waals surface area (Å²) in [5.41, 5.74) is 0. The molecule has 0 aliphatic carbocycles. The summed E-state index contributed by atoms with van der Waals surface area (Å²) in [6.45, 7) is 5.71. The van der Waals surface area contributed by atoms with E-state index < -0.39 is 0 Å². The lowest BCUT2D eigenvalue weighted by atomic mass is 10.00. The molecule has 3 heterocycles. The zero-order valence-electron chi connectivity index (χ0n) is 14.7. The molecule has 7 heteroatoms. The Morgan fingerprint density at radius 3 is 2.68 bits per heavy atom. The fraction of sp³-hybridized carbons (Fsp3) is 0.556. The van der Waals surface area contributed by atoms with Crippen molar-refractivity contribution in [2.75, 3.05) is 19.7 Å². The summed E-state index contributed by atoms with van der Waals surface area (Å²) in [5, 5.41) is 4.75. The molecule has 2 aliphatic heterocycles. The SMILES string of the molecule is CC1CCN(Cn2nc(C3COc4ccccc4O3)n(C)c2=S)CC1. The van der Waals surface area contributed by atoms with Gasteiger partial charge in [0.25, 0.3) is 0 Å². The average molecular weight is 360 g/mol. The molecule has 1 aromatic carbocycles. The maximum absolute atomic E-state index is 6.09. The molecular weight excluding hydrogens is 336 g/mol. The number of para-hydroxylation sites is 2. The second-order valence-electron chi connectivity index (χ2n) is 7.01. The molecule has 0 bridgehead atoms. The first-order chi connectivity index (χ1) is 12.1. The predicted molar refractivity (Wildman–Crippen MR) is 97.3 cm³/mol. The van der Waals surface area contributed by atoms with Crippen molar-refractivity contribution in [2.24, 2.45) is 13.0 Å². The molecule has 0 radical (unpaired) electrons. The molecule has 2 aliphatic rings. The van der Waals surface area contributed by atoms with Gasteiger partial charge < -0.3 is 14.0 Å². The fourth-order valence-electron chi connectivity index (χ4n) is 3.42. The summed E-state index contributed by atoms with van der Waals surface area (Å²) in [7, 11) is 1.95. The zero-order valence-corrected chi connectivity index (χ0v) is 15.5. The standard InChI is InChI=1S/C18H24N4O2S/c1-13-7-9-21(10-8-13)12-22-18(25)20(2)17(19-22)16-11-23-14-5-3-4-6-15(14)24-16/h3-6,13,16H,7-12H2,1-2H3. The molecule has 4 rings (SSSR count). The number of rotatable bonds is 3. The Balaban J connectivity index is 1.53. The van der Waals surface area contributed by atoms with Crippen LogP contribution in [-0.4, -0.2) is 38.9 Å². The zero-order chi connectivity index (χ0) is 17.4. The van der Waals surface area contributed by atoms with Crippen LogP contribution in [0.25, 0.3) is 0 Å². The average Bonchev–Trinajstić information content (AvgIpc) is 2.92. The largest absolute Gasteiger partial charge is 0.485 e. The van der Waals surface area contributed by atoms with Gasteiger partial charge in [-0.05, 0) is 43.1 Å². The van der Waals surface area contributed by atoms with E-state index in [1.165, 1.54) is 12.8 Å². The summed E-state index contributed by atoms with van der Waals surface area (Å²) in [6.07, 6.45) is 2.23. The van der Waals surface area contributed by atoms with E-state index in [2.05, 4.69) is 11.8 Å². The van der Waals surface area contributed by atoms with E-state index in [-0.39, 0.29) is 6.10 Å². The van der Waals surface area contributed by atoms with Gasteiger partial charge in [-0.25, -0.2) is 4.68 Å². The van der Waals surface area contributed by atoms with Gasteiger partial charge in [0.2, 0.25) is 0 Å². The van der Waals surface area contributed by atoms with Crippen LogP contribution in [-0.2, 0) is 13.7 Å². The molecule has 134 valence electrons. The lowest BCUT2D eigenvalue weighted by Crippen LogP contribution is -2.34. The third-order valence-corrected chi connectivity index (χ3v) is 5.57. The Labute approximate surface area is 153 Å². The summed E-state index contributed by atoms with van der Waals surface area (Å²) in [6, 6.07) is 7.72. The van der Waals surface area contributed by atoms with Gasteiger partial charge in [-0.3, -0.25) is 4.90 Å². The Morgan fingerprint density at radius 1 is 1.20 bits per heavy atom. The van der Waals surface area contributed by atoms with Gasteiger partial charge >= 0.3 is 0 Å². The Kier molecular flexibility index (Phi) is 4.52. The number of likely N-dealkylation sites (tertiary alicyclic amines) is 1. The van der Waals surface area contributed by atoms with Crippen LogP contribution in [0.15, 0.2) is 24.3 Å². The van der Waals surface area contributed by atoms with Gasteiger partial charge in [-0.15, -0.1) is 0 Å². The molecule has 0 spiro atoms. The van der Waals surface area contributed by atoms with E-state index in [0.717, 1.165) is 47.8 Å². The lowest BCUT2D eigenvalue weighted by molar-refractivity contribution is 0.0817. The molecule has 25 heavy (non-hydrogen) atoms. The molecule has 0 amide bonds. The number of hydrogen-bond donors (Lipinski definition) is 0. The van der Waals surface area contributed by atoms with Crippen LogP contribution in [0, 0.1) is 10.7 Å². The number of hydrogen-bond acceptors (Lipinski definition) is 5. The predicted octanol–water partition coefficient (Wildman–Crippen LogP) is 3.15. The highest BCUT2D eigenvalue weighted by atomic mass is 32.1. The molecule has 1 aromatic heterocycles. The number of aromatic nitrogens is 3. The van der Waals surface area contributed by atoms with Gasteiger partial charge in [0.05, 0.1) is 6.67 Å². The van der Waals surface area contributed by atoms with E-state index in [1.54, 1.807) is 0 Å². The first-order valence-electron chi connectivity index (χ1n) is 8.86. The van der Waals surface area contributed by atoms with Gasteiger partial charge in [-0.1, -0.05) is 19.1 Å². The van der Waals surface area contributed by atoms with E-state index in [9.17, 15) is 0 Å². The van der Waals surface area contributed by atoms with Crippen molar-refractivity contribution in [3.05, 3.63) is 34.9 Å². The number of nitrogens with zero attached hydrogens (tertiary/aromatic N) is 4. The van der Waals surface area contributed by atoms with Crippen LogP contribution >= 0.6 is 12.2 Å². The molecule has 1 fully saturated rings. The van der Waals surface area contributed by atoms with Gasteiger partial charge in [-0.2, -0.15) is 5.10 Å². The molecule has 0 N–H and O–H groups in total. The first-order valence-corrected chi connectivity index (χ1v) is 9.27. The van der Waals surface area contributed by atoms with E-state index in [0.29, 0.717) is 6.61 Å². The molecule has 6 nitrogen and oxygen atoms in total. The lowest BCUT2D eigenvalue weighted by Gasteiger charge is -2.29. The van der Waals surface area contributed by atoms with Crippen LogP contribution in [0.2, 0.25) is 0 Å². The van der Waals surface area contributed by atoms with Gasteiger partial charge in [0.1, 0.15) is 6.61 Å². The van der Waals surface area contributed by atoms with Crippen LogP contribution in [0.1, 0.15) is 31.7 Å². The highest BCUT2D eigenvalue weighted by Crippen LogP contribution is 2.35. The van der Waals surface area contributed by atoms with Crippen molar-refractivity contribution in [1.82, 2.24) is 19.2 Å². The fourth-order valence-corrected chi connectivity index (χ4v) is 3.61. The van der Waals surface area contributed by atoms with Crippen molar-refractivity contribution in [2.45, 2.75) is 32.5 Å². The summed E-state index contributed by atoms with van der Waals surface area (Å²) < 4.78 is 16.5. The highest BCUT2D eigenvalue weighted by Gasteiger charge is 2.27. The van der Waals surface area contributed by atoms with E-state index >= 15 is 0 Å². The molecular formula is C18H24N4O2S. The number of benzene rings is 1. The minimum atomic E-state index is -0.246. The minimum Gasteiger partial charge on any atom is -0.485 e. The quantitative estimate of drug-likeness (QED) is 0.787. The van der Waals surface area contributed by atoms with Crippen molar-refractivity contribution in [3.8, 4) is 11.5 Å². The van der Waals surface area contributed by atoms with Gasteiger partial charge in [0, 0.05) is 20.1 Å². The van der Waals surface area contributed by atoms with Crippen LogP contribution < -0.4 is 9.47 Å². The maximum atomic E-state index is 6.09. The van der Waals surface area contributed by atoms with Gasteiger partial charge in [0.15, 0.2) is 28.2 Å². The Bertz CT molecular complexity index is 808. The highest BCUT2D eigenvalue weighted by molar-refractivity contribution is 7.71. The minimum absolute atomic E-state index is 0.246. The normalized spacial score (nSPS) is 21.4. The molecule has 2 aromatic rings. The van der Waals surface area contributed by atoms with Crippen molar-refractivity contribution in [1.29, 1.82) is 0 Å². The molecule has 0 saturated carbocycles. The maximum Gasteiger partial charge on any atom is 0.198 e. The molecule has 1 atom stereocenters. The smallest absolute Gasteiger partial charge is 0.198 e. The van der Waals surface area contributed by atoms with Crippen molar-refractivity contribution in [3.63, 3.8) is 0 Å². The van der Waals surface area contributed by atoms with E-state index in [1.807, 2.05) is 40.6 Å². The third-order valence-electron chi connectivity index (χ3n) is 5.08. The second-order valence-corrected chi connectivity index (χ2v) is 7.37. The number of fused-ring (bicyclic) bond motifs is 1. The second kappa shape index (κ2) is 6.80.